The molecule has 0 saturated carbocycles. The largest absolute Gasteiger partial charge is 0.354 e. The third-order valence-electron chi connectivity index (χ3n) is 4.12. The van der Waals surface area contributed by atoms with E-state index >= 15 is 0 Å². The zero-order valence-electron chi connectivity index (χ0n) is 12.8. The molecule has 1 aromatic heterocycles. The Morgan fingerprint density at radius 3 is 2.04 bits per heavy atom. The van der Waals surface area contributed by atoms with Gasteiger partial charge in [-0.1, -0.05) is 60.7 Å². The first-order chi connectivity index (χ1) is 11.7. The van der Waals surface area contributed by atoms with E-state index in [9.17, 15) is 10.1 Å². The Kier molecular flexibility index (Phi) is 3.35. The van der Waals surface area contributed by atoms with Gasteiger partial charge in [0.2, 0.25) is 0 Å². The number of H-pyrrole nitrogens is 1. The highest BCUT2D eigenvalue weighted by molar-refractivity contribution is 6.04. The number of hydrogen-bond donors (Lipinski definition) is 1. The molecule has 4 nitrogen and oxygen atoms in total. The van der Waals surface area contributed by atoms with Crippen molar-refractivity contribution in [2.45, 2.75) is 0 Å². The van der Waals surface area contributed by atoms with Crippen LogP contribution in [0.15, 0.2) is 78.9 Å². The van der Waals surface area contributed by atoms with Crippen LogP contribution in [0, 0.1) is 10.1 Å². The quantitative estimate of drug-likeness (QED) is 0.406. The molecule has 0 saturated heterocycles. The maximum absolute atomic E-state index is 11.1. The first-order valence-corrected chi connectivity index (χ1v) is 7.65. The molecule has 0 aliphatic rings. The lowest BCUT2D eigenvalue weighted by atomic mass is 9.98. The van der Waals surface area contributed by atoms with Crippen molar-refractivity contribution in [1.82, 2.24) is 4.98 Å². The average molecular weight is 314 g/mol. The summed E-state index contributed by atoms with van der Waals surface area (Å²) in [6, 6.07) is 25.0. The molecule has 0 spiro atoms. The minimum absolute atomic E-state index is 0.0861. The summed E-state index contributed by atoms with van der Waals surface area (Å²) in [5.41, 5.74) is 5.01. The molecule has 0 aliphatic heterocycles. The molecule has 1 heterocycles. The fourth-order valence-corrected chi connectivity index (χ4v) is 3.03. The number of aromatic amines is 1. The second-order valence-corrected chi connectivity index (χ2v) is 5.59. The van der Waals surface area contributed by atoms with Gasteiger partial charge in [-0.3, -0.25) is 10.1 Å². The average Bonchev–Trinajstić information content (AvgIpc) is 3.01. The number of hydrogen-bond acceptors (Lipinski definition) is 2. The SMILES string of the molecule is O=[N+]([O-])c1ccc2c(-c3ccccc3)c(-c3ccccc3)[nH]c2c1. The predicted octanol–water partition coefficient (Wildman–Crippen LogP) is 5.41. The first kappa shape index (κ1) is 14.2. The van der Waals surface area contributed by atoms with E-state index in [1.54, 1.807) is 12.1 Å². The van der Waals surface area contributed by atoms with Crippen LogP contribution in [0.2, 0.25) is 0 Å². The Bertz CT molecular complexity index is 1020. The lowest BCUT2D eigenvalue weighted by molar-refractivity contribution is -0.384. The van der Waals surface area contributed by atoms with E-state index < -0.39 is 0 Å². The van der Waals surface area contributed by atoms with Crippen molar-refractivity contribution in [2.75, 3.05) is 0 Å². The summed E-state index contributed by atoms with van der Waals surface area (Å²) in [4.78, 5) is 14.1. The zero-order valence-corrected chi connectivity index (χ0v) is 12.8. The van der Waals surface area contributed by atoms with Crippen LogP contribution < -0.4 is 0 Å². The molecule has 4 heteroatoms. The summed E-state index contributed by atoms with van der Waals surface area (Å²) >= 11 is 0. The third-order valence-corrected chi connectivity index (χ3v) is 4.12. The number of nitro benzene ring substituents is 1. The standard InChI is InChI=1S/C20H14N2O2/c23-22(24)16-11-12-17-18(13-16)21-20(15-9-5-2-6-10-15)19(17)14-7-3-1-4-8-14/h1-13,21H. The smallest absolute Gasteiger partial charge is 0.271 e. The number of nitrogens with one attached hydrogen (secondary N) is 1. The molecule has 0 radical (unpaired) electrons. The number of rotatable bonds is 3. The van der Waals surface area contributed by atoms with E-state index in [0.717, 1.165) is 33.3 Å². The summed E-state index contributed by atoms with van der Waals surface area (Å²) in [5.74, 6) is 0. The molecule has 116 valence electrons. The maximum Gasteiger partial charge on any atom is 0.271 e. The Balaban J connectivity index is 2.04. The minimum Gasteiger partial charge on any atom is -0.354 e. The van der Waals surface area contributed by atoms with E-state index in [0.29, 0.717) is 0 Å². The van der Waals surface area contributed by atoms with Crippen LogP contribution >= 0.6 is 0 Å². The fourth-order valence-electron chi connectivity index (χ4n) is 3.03. The number of fused-ring (bicyclic) bond motifs is 1. The number of aromatic nitrogens is 1. The second kappa shape index (κ2) is 5.66. The van der Waals surface area contributed by atoms with Crippen molar-refractivity contribution in [1.29, 1.82) is 0 Å². The third kappa shape index (κ3) is 2.34. The molecule has 24 heavy (non-hydrogen) atoms. The zero-order chi connectivity index (χ0) is 16.5. The van der Waals surface area contributed by atoms with Gasteiger partial charge in [0.05, 0.1) is 16.1 Å². The van der Waals surface area contributed by atoms with Crippen molar-refractivity contribution in [3.8, 4) is 22.4 Å². The van der Waals surface area contributed by atoms with Crippen molar-refractivity contribution in [3.63, 3.8) is 0 Å². The van der Waals surface area contributed by atoms with Gasteiger partial charge in [0.1, 0.15) is 0 Å². The van der Waals surface area contributed by atoms with Gasteiger partial charge in [0.25, 0.3) is 5.69 Å². The van der Waals surface area contributed by atoms with Crippen molar-refractivity contribution in [3.05, 3.63) is 89.0 Å². The Morgan fingerprint density at radius 1 is 0.792 bits per heavy atom. The fraction of sp³-hybridized carbons (Fsp3) is 0. The van der Waals surface area contributed by atoms with Gasteiger partial charge in [-0.25, -0.2) is 0 Å². The molecule has 0 amide bonds. The maximum atomic E-state index is 11.1. The van der Waals surface area contributed by atoms with Crippen molar-refractivity contribution >= 4 is 16.6 Å². The Hall–Kier alpha value is -3.40. The van der Waals surface area contributed by atoms with Crippen molar-refractivity contribution < 1.29 is 4.92 Å². The highest BCUT2D eigenvalue weighted by Gasteiger charge is 2.17. The number of nitro groups is 1. The van der Waals surface area contributed by atoms with Crippen LogP contribution in [0.3, 0.4) is 0 Å². The molecule has 3 aromatic carbocycles. The number of benzene rings is 3. The van der Waals surface area contributed by atoms with Crippen LogP contribution in [0.5, 0.6) is 0 Å². The predicted molar refractivity (Wildman–Crippen MR) is 95.8 cm³/mol. The molecule has 0 aliphatic carbocycles. The normalized spacial score (nSPS) is 10.8. The highest BCUT2D eigenvalue weighted by atomic mass is 16.6. The Labute approximate surface area is 138 Å². The summed E-state index contributed by atoms with van der Waals surface area (Å²) in [5, 5.41) is 12.0. The van der Waals surface area contributed by atoms with Gasteiger partial charge in [0, 0.05) is 23.1 Å². The topological polar surface area (TPSA) is 58.9 Å². The summed E-state index contributed by atoms with van der Waals surface area (Å²) < 4.78 is 0. The van der Waals surface area contributed by atoms with Gasteiger partial charge in [-0.15, -0.1) is 0 Å². The van der Waals surface area contributed by atoms with Crippen LogP contribution in [0.4, 0.5) is 5.69 Å². The van der Waals surface area contributed by atoms with Crippen LogP contribution in [0.1, 0.15) is 0 Å². The van der Waals surface area contributed by atoms with Gasteiger partial charge >= 0.3 is 0 Å². The molecule has 4 rings (SSSR count). The number of non-ortho nitro benzene ring substituents is 1. The van der Waals surface area contributed by atoms with Crippen LogP contribution in [-0.2, 0) is 0 Å². The molecule has 4 aromatic rings. The van der Waals surface area contributed by atoms with E-state index in [4.69, 9.17) is 0 Å². The van der Waals surface area contributed by atoms with Gasteiger partial charge in [-0.05, 0) is 17.2 Å². The Morgan fingerprint density at radius 2 is 1.42 bits per heavy atom. The van der Waals surface area contributed by atoms with E-state index in [1.165, 1.54) is 0 Å². The van der Waals surface area contributed by atoms with Gasteiger partial charge in [0.15, 0.2) is 0 Å². The van der Waals surface area contributed by atoms with E-state index in [1.807, 2.05) is 54.6 Å². The molecular formula is C20H14N2O2. The minimum atomic E-state index is -0.370. The molecule has 0 fully saturated rings. The lowest BCUT2D eigenvalue weighted by Crippen LogP contribution is -1.86. The number of nitrogens with zero attached hydrogens (tertiary/aromatic N) is 1. The van der Waals surface area contributed by atoms with Crippen LogP contribution in [0.25, 0.3) is 33.3 Å². The molecule has 0 atom stereocenters. The molecule has 0 bridgehead atoms. The van der Waals surface area contributed by atoms with Gasteiger partial charge in [-0.2, -0.15) is 0 Å². The van der Waals surface area contributed by atoms with Crippen LogP contribution in [-0.4, -0.2) is 9.91 Å². The lowest BCUT2D eigenvalue weighted by Gasteiger charge is -2.05. The van der Waals surface area contributed by atoms with Crippen molar-refractivity contribution in [2.24, 2.45) is 0 Å². The molecular weight excluding hydrogens is 300 g/mol. The van der Waals surface area contributed by atoms with E-state index in [2.05, 4.69) is 17.1 Å². The molecule has 0 unspecified atom stereocenters. The summed E-state index contributed by atoms with van der Waals surface area (Å²) in [6.45, 7) is 0. The molecule has 1 N–H and O–H groups in total. The second-order valence-electron chi connectivity index (χ2n) is 5.59. The van der Waals surface area contributed by atoms with Gasteiger partial charge < -0.3 is 4.98 Å². The summed E-state index contributed by atoms with van der Waals surface area (Å²) in [7, 11) is 0. The monoisotopic (exact) mass is 314 g/mol. The highest BCUT2D eigenvalue weighted by Crippen LogP contribution is 2.39. The van der Waals surface area contributed by atoms with E-state index in [-0.39, 0.29) is 10.6 Å². The summed E-state index contributed by atoms with van der Waals surface area (Å²) in [6.07, 6.45) is 0. The first-order valence-electron chi connectivity index (χ1n) is 7.65.